The SMILES string of the molecule is C/C=C/c1ccc2n(c1=O)C[C@@H]1[C@@H](CO)[C@H](C(=O)NCC3CC3)N(Cc3ccccc3)[C@H]21.C/C=C\c1ccc2n(c1=O)C[C@@H]1[C@@H](CO)[C@H](C(=O)NCC3CC3)N(Cc3ccccc3)[C@H]21. The van der Waals surface area contributed by atoms with E-state index in [1.165, 1.54) is 25.7 Å². The largest absolute Gasteiger partial charge is 0.396 e. The molecule has 12 nitrogen and oxygen atoms in total. The van der Waals surface area contributed by atoms with Gasteiger partial charge in [0.05, 0.1) is 24.2 Å². The van der Waals surface area contributed by atoms with Crippen LogP contribution in [0.4, 0.5) is 0 Å². The van der Waals surface area contributed by atoms with Crippen molar-refractivity contribution in [3.63, 3.8) is 0 Å². The molecule has 6 aliphatic rings. The second-order valence-corrected chi connectivity index (χ2v) is 18.8. The number of hydrogen-bond acceptors (Lipinski definition) is 8. The number of fused-ring (bicyclic) bond motifs is 6. The van der Waals surface area contributed by atoms with E-state index >= 15 is 0 Å². The molecule has 2 aromatic carbocycles. The van der Waals surface area contributed by atoms with Gasteiger partial charge >= 0.3 is 0 Å². The average Bonchev–Trinajstić information content (AvgIpc) is 4.20. The first-order chi connectivity index (χ1) is 31.2. The van der Waals surface area contributed by atoms with E-state index in [1.54, 1.807) is 0 Å². The fourth-order valence-corrected chi connectivity index (χ4v) is 11.1. The predicted octanol–water partition coefficient (Wildman–Crippen LogP) is 5.14. The van der Waals surface area contributed by atoms with Crippen molar-refractivity contribution in [1.82, 2.24) is 29.6 Å². The number of amides is 2. The molecule has 4 aliphatic heterocycles. The Morgan fingerprint density at radius 3 is 1.33 bits per heavy atom. The number of carbonyl (C=O) groups excluding carboxylic acids is 2. The summed E-state index contributed by atoms with van der Waals surface area (Å²) in [6.45, 7) is 7.36. The maximum atomic E-state index is 13.4. The van der Waals surface area contributed by atoms with Gasteiger partial charge in [0, 0.05) is 98.7 Å². The van der Waals surface area contributed by atoms with Gasteiger partial charge in [-0.15, -0.1) is 0 Å². The smallest absolute Gasteiger partial charge is 0.258 e. The number of aliphatic hydroxyl groups excluding tert-OH is 2. The summed E-state index contributed by atoms with van der Waals surface area (Å²) in [4.78, 5) is 57.3. The highest BCUT2D eigenvalue weighted by Gasteiger charge is 2.57. The van der Waals surface area contributed by atoms with Crippen molar-refractivity contribution in [3.05, 3.63) is 151 Å². The summed E-state index contributed by atoms with van der Waals surface area (Å²) in [5, 5.41) is 27.1. The number of pyridine rings is 2. The number of hydrogen-bond donors (Lipinski definition) is 4. The van der Waals surface area contributed by atoms with Gasteiger partial charge in [0.15, 0.2) is 0 Å². The van der Waals surface area contributed by atoms with Crippen molar-refractivity contribution in [3.8, 4) is 0 Å². The molecular formula is C52H62N6O6. The van der Waals surface area contributed by atoms with Crippen molar-refractivity contribution in [2.45, 2.75) is 89.9 Å². The molecule has 64 heavy (non-hydrogen) atoms. The Morgan fingerprint density at radius 1 is 0.594 bits per heavy atom. The molecule has 2 saturated heterocycles. The Hall–Kier alpha value is -5.40. The second-order valence-electron chi connectivity index (χ2n) is 18.8. The lowest BCUT2D eigenvalue weighted by Gasteiger charge is -2.31. The summed E-state index contributed by atoms with van der Waals surface area (Å²) >= 11 is 0. The maximum Gasteiger partial charge on any atom is 0.258 e. The zero-order valence-electron chi connectivity index (χ0n) is 37.0. The summed E-state index contributed by atoms with van der Waals surface area (Å²) in [7, 11) is 0. The average molecular weight is 867 g/mol. The van der Waals surface area contributed by atoms with E-state index in [0.717, 1.165) is 22.5 Å². The molecule has 4 fully saturated rings. The van der Waals surface area contributed by atoms with Crippen LogP contribution in [0, 0.1) is 35.5 Å². The summed E-state index contributed by atoms with van der Waals surface area (Å²) in [5.74, 6) is 0.808. The van der Waals surface area contributed by atoms with E-state index < -0.39 is 12.1 Å². The van der Waals surface area contributed by atoms with Gasteiger partial charge in [0.1, 0.15) is 0 Å². The van der Waals surface area contributed by atoms with Crippen LogP contribution in [0.25, 0.3) is 12.2 Å². The first-order valence-corrected chi connectivity index (χ1v) is 23.3. The van der Waals surface area contributed by atoms with Crippen molar-refractivity contribution in [2.75, 3.05) is 26.3 Å². The Bertz CT molecular complexity index is 2320. The van der Waals surface area contributed by atoms with Gasteiger partial charge in [-0.3, -0.25) is 29.0 Å². The third-order valence-corrected chi connectivity index (χ3v) is 14.6. The fraction of sp³-hybridized carbons (Fsp3) is 0.462. The lowest BCUT2D eigenvalue weighted by atomic mass is 9.88. The van der Waals surface area contributed by atoms with Crippen LogP contribution in [0.1, 0.15) is 85.3 Å². The molecule has 0 radical (unpaired) electrons. The Labute approximate surface area is 375 Å². The number of rotatable bonds is 14. The van der Waals surface area contributed by atoms with Gasteiger partial charge in [-0.05, 0) is 86.8 Å². The van der Waals surface area contributed by atoms with E-state index in [0.29, 0.717) is 62.2 Å². The standard InChI is InChI=1S/2C26H31N3O3/c2*1-2-6-19-11-12-22-23-20(15-28(22)26(19)32)21(16-30)24(25(31)27-13-17-9-10-17)29(23)14-18-7-4-3-5-8-18/h2*2-8,11-12,17,20-21,23-24,30H,9-10,13-16H2,1H3,(H,27,31)/b6-2+;6-2-/t2*20-,21-,23+,24-/m11/s1. The molecule has 4 N–H and O–H groups in total. The molecule has 2 amide bonds. The minimum atomic E-state index is -0.409. The van der Waals surface area contributed by atoms with E-state index in [4.69, 9.17) is 0 Å². The van der Waals surface area contributed by atoms with Crippen LogP contribution in [0.15, 0.2) is 107 Å². The highest BCUT2D eigenvalue weighted by molar-refractivity contribution is 5.83. The number of nitrogens with zero attached hydrogens (tertiary/aromatic N) is 4. The van der Waals surface area contributed by atoms with Crippen LogP contribution in [-0.2, 0) is 35.8 Å². The molecule has 8 atom stereocenters. The first kappa shape index (κ1) is 43.8. The number of aliphatic hydroxyl groups is 2. The molecule has 6 heterocycles. The number of aromatic nitrogens is 2. The number of allylic oxidation sites excluding steroid dienone is 2. The number of carbonyl (C=O) groups is 2. The van der Waals surface area contributed by atoms with Crippen LogP contribution in [0.3, 0.4) is 0 Å². The van der Waals surface area contributed by atoms with E-state index in [2.05, 4.69) is 44.7 Å². The van der Waals surface area contributed by atoms with Crippen molar-refractivity contribution in [1.29, 1.82) is 0 Å². The third kappa shape index (κ3) is 8.60. The monoisotopic (exact) mass is 866 g/mol. The minimum absolute atomic E-state index is 0.000662. The van der Waals surface area contributed by atoms with Crippen molar-refractivity contribution >= 4 is 24.0 Å². The first-order valence-electron chi connectivity index (χ1n) is 23.3. The third-order valence-electron chi connectivity index (χ3n) is 14.6. The lowest BCUT2D eigenvalue weighted by molar-refractivity contribution is -0.128. The van der Waals surface area contributed by atoms with E-state index in [9.17, 15) is 29.4 Å². The topological polar surface area (TPSA) is 149 Å². The molecular weight excluding hydrogens is 805 g/mol. The van der Waals surface area contributed by atoms with Gasteiger partial charge in [0.2, 0.25) is 11.8 Å². The zero-order valence-corrected chi connectivity index (χ0v) is 37.0. The minimum Gasteiger partial charge on any atom is -0.396 e. The molecule has 2 aliphatic carbocycles. The van der Waals surface area contributed by atoms with Gasteiger partial charge in [-0.2, -0.15) is 0 Å². The summed E-state index contributed by atoms with van der Waals surface area (Å²) in [6, 6.07) is 27.1. The van der Waals surface area contributed by atoms with Gasteiger partial charge in [-0.1, -0.05) is 85.0 Å². The van der Waals surface area contributed by atoms with Crippen LogP contribution in [0.2, 0.25) is 0 Å². The van der Waals surface area contributed by atoms with Gasteiger partial charge < -0.3 is 30.0 Å². The van der Waals surface area contributed by atoms with Crippen molar-refractivity contribution in [2.24, 2.45) is 35.5 Å². The molecule has 336 valence electrons. The van der Waals surface area contributed by atoms with Crippen LogP contribution >= 0.6 is 0 Å². The quantitative estimate of drug-likeness (QED) is 0.136. The van der Waals surface area contributed by atoms with Crippen molar-refractivity contribution < 1.29 is 19.8 Å². The van der Waals surface area contributed by atoms with Gasteiger partial charge in [0.25, 0.3) is 11.1 Å². The van der Waals surface area contributed by atoms with E-state index in [1.807, 2.05) is 108 Å². The number of benzene rings is 2. The summed E-state index contributed by atoms with van der Waals surface area (Å²) in [6.07, 6.45) is 12.1. The van der Waals surface area contributed by atoms with Gasteiger partial charge in [-0.25, -0.2) is 0 Å². The summed E-state index contributed by atoms with van der Waals surface area (Å²) in [5.41, 5.74) is 5.48. The number of nitrogens with one attached hydrogen (secondary N) is 2. The lowest BCUT2D eigenvalue weighted by Crippen LogP contribution is -2.48. The highest BCUT2D eigenvalue weighted by Crippen LogP contribution is 2.51. The predicted molar refractivity (Wildman–Crippen MR) is 247 cm³/mol. The molecule has 2 saturated carbocycles. The van der Waals surface area contributed by atoms with E-state index in [-0.39, 0.29) is 71.9 Å². The molecule has 12 heteroatoms. The highest BCUT2D eigenvalue weighted by atomic mass is 16.3. The fourth-order valence-electron chi connectivity index (χ4n) is 11.1. The molecule has 0 spiro atoms. The molecule has 2 aromatic heterocycles. The molecule has 0 bridgehead atoms. The molecule has 4 aromatic rings. The van der Waals surface area contributed by atoms with Crippen LogP contribution < -0.4 is 21.8 Å². The Morgan fingerprint density at radius 2 is 0.984 bits per heavy atom. The van der Waals surface area contributed by atoms with Crippen LogP contribution in [0.5, 0.6) is 0 Å². The maximum absolute atomic E-state index is 13.4. The zero-order chi connectivity index (χ0) is 44.5. The Balaban J connectivity index is 0.000000162. The summed E-state index contributed by atoms with van der Waals surface area (Å²) < 4.78 is 3.70. The second kappa shape index (κ2) is 19.0. The normalized spacial score (nSPS) is 26.9. The van der Waals surface area contributed by atoms with Crippen LogP contribution in [-0.4, -0.2) is 79.3 Å². The molecule has 10 rings (SSSR count). The molecule has 0 unspecified atom stereocenters. The number of likely N-dealkylation sites (tertiary alicyclic amines) is 2. The Kier molecular flexibility index (Phi) is 13.0.